The van der Waals surface area contributed by atoms with Gasteiger partial charge < -0.3 is 28.3 Å². The molecule has 0 atom stereocenters. The van der Waals surface area contributed by atoms with E-state index >= 15 is 0 Å². The van der Waals surface area contributed by atoms with E-state index in [9.17, 15) is 0 Å². The number of anilines is 4. The van der Waals surface area contributed by atoms with Crippen molar-refractivity contribution in [2.45, 2.75) is 0 Å². The highest BCUT2D eigenvalue weighted by molar-refractivity contribution is 6.19. The van der Waals surface area contributed by atoms with Gasteiger partial charge in [-0.15, -0.1) is 0 Å². The van der Waals surface area contributed by atoms with E-state index in [1.807, 2.05) is 66.7 Å². The molecule has 0 fully saturated rings. The molecule has 0 aliphatic heterocycles. The van der Waals surface area contributed by atoms with E-state index in [2.05, 4.69) is 174 Å². The molecular formula is C64H44N2O4. The quantitative estimate of drug-likeness (QED) is 0.173. The Morgan fingerprint density at radius 3 is 1.09 bits per heavy atom. The number of para-hydroxylation sites is 3. The summed E-state index contributed by atoms with van der Waals surface area (Å²) in [5.74, 6) is 0. The Morgan fingerprint density at radius 1 is 0.229 bits per heavy atom. The number of benzene rings is 11. The molecule has 0 bridgehead atoms. The second kappa shape index (κ2) is 16.1. The topological polar surface area (TPSA) is 76.6 Å². The molecule has 70 heavy (non-hydrogen) atoms. The molecule has 11 aromatic carbocycles. The van der Waals surface area contributed by atoms with Gasteiger partial charge in [0.25, 0.3) is 0 Å². The van der Waals surface area contributed by atoms with Crippen LogP contribution in [-0.4, -0.2) is 0 Å². The van der Waals surface area contributed by atoms with Crippen LogP contribution in [0.15, 0.2) is 248 Å². The molecule has 6 nitrogen and oxygen atoms in total. The van der Waals surface area contributed by atoms with Gasteiger partial charge in [0.15, 0.2) is 0 Å². The maximum Gasteiger partial charge on any atom is 0.136 e. The molecule has 0 saturated carbocycles. The molecule has 4 aromatic heterocycles. The summed E-state index contributed by atoms with van der Waals surface area (Å²) in [6.45, 7) is 0. The third kappa shape index (κ3) is 6.89. The lowest BCUT2D eigenvalue weighted by Crippen LogP contribution is -1.90. The highest BCUT2D eigenvalue weighted by atomic mass is 16.3. The summed E-state index contributed by atoms with van der Waals surface area (Å²) in [7, 11) is 0. The Balaban J connectivity index is 0.000000144. The molecule has 0 aliphatic rings. The van der Waals surface area contributed by atoms with Gasteiger partial charge >= 0.3 is 0 Å². The lowest BCUT2D eigenvalue weighted by atomic mass is 10.00. The molecule has 4 heterocycles. The predicted octanol–water partition coefficient (Wildman–Crippen LogP) is 19.4. The number of hydrogen-bond donors (Lipinski definition) is 2. The second-order valence-electron chi connectivity index (χ2n) is 17.8. The lowest BCUT2D eigenvalue weighted by Gasteiger charge is -2.08. The fraction of sp³-hybridized carbons (Fsp3) is 0. The van der Waals surface area contributed by atoms with Gasteiger partial charge in [-0.25, -0.2) is 0 Å². The molecule has 0 unspecified atom stereocenters. The van der Waals surface area contributed by atoms with E-state index < -0.39 is 0 Å². The predicted molar refractivity (Wildman–Crippen MR) is 294 cm³/mol. The van der Waals surface area contributed by atoms with Crippen LogP contribution < -0.4 is 10.6 Å². The number of hydrogen-bond acceptors (Lipinski definition) is 6. The number of rotatable bonds is 6. The Hall–Kier alpha value is -9.52. The Morgan fingerprint density at radius 2 is 0.571 bits per heavy atom. The summed E-state index contributed by atoms with van der Waals surface area (Å²) in [4.78, 5) is 0. The first-order valence-corrected chi connectivity index (χ1v) is 23.4. The lowest BCUT2D eigenvalue weighted by molar-refractivity contribution is 0.668. The van der Waals surface area contributed by atoms with Crippen LogP contribution in [0.3, 0.4) is 0 Å². The van der Waals surface area contributed by atoms with Gasteiger partial charge in [-0.2, -0.15) is 0 Å². The molecule has 334 valence electrons. The fourth-order valence-electron chi connectivity index (χ4n) is 10.1. The number of nitrogens with one attached hydrogen (secondary N) is 2. The zero-order valence-corrected chi connectivity index (χ0v) is 37.6. The van der Waals surface area contributed by atoms with E-state index in [1.165, 1.54) is 38.4 Å². The monoisotopic (exact) mass is 904 g/mol. The largest absolute Gasteiger partial charge is 0.456 e. The van der Waals surface area contributed by atoms with Crippen LogP contribution in [0.4, 0.5) is 22.7 Å². The molecule has 0 spiro atoms. The summed E-state index contributed by atoms with van der Waals surface area (Å²) >= 11 is 0. The summed E-state index contributed by atoms with van der Waals surface area (Å²) in [6, 6.07) is 79.5. The van der Waals surface area contributed by atoms with Crippen LogP contribution in [0.2, 0.25) is 0 Å². The second-order valence-corrected chi connectivity index (χ2v) is 17.8. The average Bonchev–Trinajstić information content (AvgIpc) is 4.19. The van der Waals surface area contributed by atoms with E-state index in [-0.39, 0.29) is 2.85 Å². The van der Waals surface area contributed by atoms with Crippen LogP contribution in [0.25, 0.3) is 121 Å². The zero-order chi connectivity index (χ0) is 46.1. The van der Waals surface area contributed by atoms with E-state index in [4.69, 9.17) is 17.7 Å². The average molecular weight is 905 g/mol. The molecule has 0 aliphatic carbocycles. The Kier molecular flexibility index (Phi) is 9.10. The van der Waals surface area contributed by atoms with Crippen molar-refractivity contribution in [2.75, 3.05) is 10.6 Å². The van der Waals surface area contributed by atoms with Gasteiger partial charge in [0.05, 0.1) is 0 Å². The van der Waals surface area contributed by atoms with Crippen LogP contribution in [-0.2, 0) is 0 Å². The molecule has 6 heteroatoms. The van der Waals surface area contributed by atoms with Crippen molar-refractivity contribution in [1.29, 1.82) is 0 Å². The standard InChI is InChI=1S/C34H21NO2.C30H19NO2.2H2/c1-2-6-26-22(5-1)11-17-33-34(26)29-19-23(12-16-32(29)37-33)21-9-13-24(14-10-21)35-25-15-18-31-28(20-25)27-7-3-4-8-30(27)36-31;1-3-7-27-23(5-1)25-17-20(11-15-29(25)32-27)19-9-12-21(13-10-19)31-22-14-16-30-26(18-22)24-6-2-4-8-28(24)33-30;;/h1-20,35H;1-18,31H;2*1H. The van der Waals surface area contributed by atoms with Crippen molar-refractivity contribution in [3.63, 3.8) is 0 Å². The smallest absolute Gasteiger partial charge is 0.136 e. The maximum absolute atomic E-state index is 6.17. The van der Waals surface area contributed by atoms with Crippen LogP contribution in [0, 0.1) is 0 Å². The van der Waals surface area contributed by atoms with Crippen LogP contribution >= 0.6 is 0 Å². The summed E-state index contributed by atoms with van der Waals surface area (Å²) in [6.07, 6.45) is 0. The highest BCUT2D eigenvalue weighted by Crippen LogP contribution is 2.39. The highest BCUT2D eigenvalue weighted by Gasteiger charge is 2.14. The molecule has 15 aromatic rings. The Labute approximate surface area is 403 Å². The molecule has 0 radical (unpaired) electrons. The molecule has 0 amide bonds. The summed E-state index contributed by atoms with van der Waals surface area (Å²) in [5, 5.41) is 18.6. The minimum Gasteiger partial charge on any atom is -0.456 e. The molecule has 15 rings (SSSR count). The molecule has 0 saturated heterocycles. The summed E-state index contributed by atoms with van der Waals surface area (Å²) < 4.78 is 24.0. The third-order valence-electron chi connectivity index (χ3n) is 13.5. The number of furan rings is 4. The SMILES string of the molecule is [HH].[HH].c1ccc2c(c1)ccc1oc3ccc(-c4ccc(Nc5ccc6oc7ccccc7c6c5)cc4)cc3c12.c1ccc2c(c1)oc1ccc(Nc3ccc(-c4ccc5oc6ccccc6c5c4)cc3)cc12. The third-order valence-corrected chi connectivity index (χ3v) is 13.5. The van der Waals surface area contributed by atoms with Crippen molar-refractivity contribution in [3.05, 3.63) is 231 Å². The van der Waals surface area contributed by atoms with Gasteiger partial charge in [-0.3, -0.25) is 0 Å². The first-order valence-electron chi connectivity index (χ1n) is 23.4. The summed E-state index contributed by atoms with van der Waals surface area (Å²) in [5.41, 5.74) is 16.1. The number of fused-ring (bicyclic) bond motifs is 14. The first kappa shape index (κ1) is 39.6. The van der Waals surface area contributed by atoms with Gasteiger partial charge in [-0.1, -0.05) is 121 Å². The van der Waals surface area contributed by atoms with Gasteiger partial charge in [0.2, 0.25) is 0 Å². The van der Waals surface area contributed by atoms with Gasteiger partial charge in [0, 0.05) is 68.7 Å². The first-order chi connectivity index (χ1) is 34.6. The van der Waals surface area contributed by atoms with Crippen LogP contribution in [0.5, 0.6) is 0 Å². The van der Waals surface area contributed by atoms with Crippen molar-refractivity contribution < 1.29 is 20.5 Å². The maximum atomic E-state index is 6.17. The van der Waals surface area contributed by atoms with Crippen molar-refractivity contribution >= 4 is 121 Å². The molecule has 2 N–H and O–H groups in total. The van der Waals surface area contributed by atoms with E-state index in [1.54, 1.807) is 0 Å². The van der Waals surface area contributed by atoms with Crippen molar-refractivity contribution in [1.82, 2.24) is 0 Å². The normalized spacial score (nSPS) is 11.7. The van der Waals surface area contributed by atoms with E-state index in [0.29, 0.717) is 0 Å². The van der Waals surface area contributed by atoms with Gasteiger partial charge in [0.1, 0.15) is 44.7 Å². The van der Waals surface area contributed by atoms with Gasteiger partial charge in [-0.05, 0) is 142 Å². The minimum atomic E-state index is 0. The minimum absolute atomic E-state index is 0. The van der Waals surface area contributed by atoms with Crippen molar-refractivity contribution in [3.8, 4) is 22.3 Å². The van der Waals surface area contributed by atoms with E-state index in [0.717, 1.165) is 105 Å². The fourth-order valence-corrected chi connectivity index (χ4v) is 10.1. The van der Waals surface area contributed by atoms with Crippen molar-refractivity contribution in [2.24, 2.45) is 0 Å². The zero-order valence-electron chi connectivity index (χ0n) is 37.6. The Bertz CT molecular complexity index is 4490. The molecular weight excluding hydrogens is 861 g/mol. The van der Waals surface area contributed by atoms with Crippen LogP contribution in [0.1, 0.15) is 2.85 Å².